The molecule has 0 spiro atoms. The zero-order valence-electron chi connectivity index (χ0n) is 29.3. The standard InChI is InChI=1S/C37H48FN5O7/c1-24-21-43(25(2)23-44)35(45)32-20-30(40-36(46)39-28-13-16-31(48-5)17-14-28)15-18-33(32)50-26(3)8-6-7-19-49-34(24)22-42(4)37(47)41-29-11-9-27(38)10-12-29/h9-18,20,24-26,34,44H,6-8,19,21-23H2,1-5H3,(H,41,47)(H2,39,40,46)/t24-,25+,26+,34+/m0/s1. The third kappa shape index (κ3) is 10.8. The second kappa shape index (κ2) is 18.2. The summed E-state index contributed by atoms with van der Waals surface area (Å²) in [6.45, 7) is 6.19. The molecule has 3 aromatic rings. The number of aliphatic hydroxyl groups excluding tert-OH is 1. The summed E-state index contributed by atoms with van der Waals surface area (Å²) in [6.07, 6.45) is 1.60. The van der Waals surface area contributed by atoms with E-state index in [1.807, 2.05) is 13.8 Å². The Balaban J connectivity index is 1.56. The lowest BCUT2D eigenvalue weighted by Crippen LogP contribution is -2.48. The second-order valence-electron chi connectivity index (χ2n) is 12.6. The van der Waals surface area contributed by atoms with Crippen LogP contribution in [0.1, 0.15) is 50.4 Å². The van der Waals surface area contributed by atoms with Crippen LogP contribution >= 0.6 is 0 Å². The van der Waals surface area contributed by atoms with Crippen molar-refractivity contribution in [3.8, 4) is 11.5 Å². The Bertz CT molecular complexity index is 1570. The normalized spacial score (nSPS) is 19.2. The molecule has 50 heavy (non-hydrogen) atoms. The first-order chi connectivity index (χ1) is 24.0. The highest BCUT2D eigenvalue weighted by atomic mass is 19.1. The van der Waals surface area contributed by atoms with Crippen LogP contribution in [0.2, 0.25) is 0 Å². The zero-order valence-corrected chi connectivity index (χ0v) is 29.3. The number of amides is 5. The number of nitrogens with one attached hydrogen (secondary N) is 3. The summed E-state index contributed by atoms with van der Waals surface area (Å²) >= 11 is 0. The smallest absolute Gasteiger partial charge is 0.323 e. The van der Waals surface area contributed by atoms with Gasteiger partial charge in [-0.25, -0.2) is 14.0 Å². The number of carbonyl (C=O) groups excluding carboxylic acids is 3. The van der Waals surface area contributed by atoms with E-state index in [2.05, 4.69) is 16.0 Å². The fraction of sp³-hybridized carbons (Fsp3) is 0.432. The highest BCUT2D eigenvalue weighted by molar-refractivity contribution is 6.02. The summed E-state index contributed by atoms with van der Waals surface area (Å²) in [5.74, 6) is -0.0349. The molecule has 0 saturated heterocycles. The minimum atomic E-state index is -0.571. The average Bonchev–Trinajstić information content (AvgIpc) is 3.10. The lowest BCUT2D eigenvalue weighted by Gasteiger charge is -2.35. The quantitative estimate of drug-likeness (QED) is 0.213. The molecular weight excluding hydrogens is 645 g/mol. The number of likely N-dealkylation sites (N-methyl/N-ethyl adjacent to an activating group) is 1. The van der Waals surface area contributed by atoms with Gasteiger partial charge in [0.15, 0.2) is 0 Å². The molecule has 0 fully saturated rings. The van der Waals surface area contributed by atoms with Crippen molar-refractivity contribution in [1.82, 2.24) is 9.80 Å². The van der Waals surface area contributed by atoms with Gasteiger partial charge in [0.25, 0.3) is 5.91 Å². The number of rotatable bonds is 8. The van der Waals surface area contributed by atoms with Crippen LogP contribution in [0, 0.1) is 11.7 Å². The summed E-state index contributed by atoms with van der Waals surface area (Å²) in [6, 6.07) is 15.9. The SMILES string of the molecule is COc1ccc(NC(=O)Nc2ccc3c(c2)C(=O)N([C@H](C)CO)C[C@H](C)[C@@H](CN(C)C(=O)Nc2ccc(F)cc2)OCCCC[C@@H](C)O3)cc1. The first-order valence-electron chi connectivity index (χ1n) is 16.8. The highest BCUT2D eigenvalue weighted by Crippen LogP contribution is 2.29. The predicted molar refractivity (Wildman–Crippen MR) is 191 cm³/mol. The molecule has 0 aliphatic carbocycles. The second-order valence-corrected chi connectivity index (χ2v) is 12.6. The van der Waals surface area contributed by atoms with E-state index in [4.69, 9.17) is 14.2 Å². The average molecular weight is 694 g/mol. The van der Waals surface area contributed by atoms with E-state index < -0.39 is 29.9 Å². The number of nitrogens with zero attached hydrogens (tertiary/aromatic N) is 2. The minimum Gasteiger partial charge on any atom is -0.497 e. The lowest BCUT2D eigenvalue weighted by atomic mass is 10.0. The Kier molecular flexibility index (Phi) is 13.8. The fourth-order valence-corrected chi connectivity index (χ4v) is 5.54. The Labute approximate surface area is 292 Å². The molecule has 1 aliphatic rings. The van der Waals surface area contributed by atoms with E-state index in [1.54, 1.807) is 68.4 Å². The molecule has 1 heterocycles. The molecule has 0 aromatic heterocycles. The molecule has 0 unspecified atom stereocenters. The molecule has 4 N–H and O–H groups in total. The van der Waals surface area contributed by atoms with E-state index in [9.17, 15) is 23.9 Å². The summed E-state index contributed by atoms with van der Waals surface area (Å²) < 4.78 is 31.1. The van der Waals surface area contributed by atoms with Gasteiger partial charge in [-0.2, -0.15) is 0 Å². The molecule has 13 heteroatoms. The third-order valence-corrected chi connectivity index (χ3v) is 8.55. The maximum Gasteiger partial charge on any atom is 0.323 e. The molecule has 4 atom stereocenters. The predicted octanol–water partition coefficient (Wildman–Crippen LogP) is 6.44. The number of benzene rings is 3. The number of fused-ring (bicyclic) bond motifs is 1. The summed E-state index contributed by atoms with van der Waals surface area (Å²) in [5, 5.41) is 18.6. The molecule has 4 rings (SSSR count). The van der Waals surface area contributed by atoms with Crippen molar-refractivity contribution in [3.63, 3.8) is 0 Å². The van der Waals surface area contributed by atoms with Gasteiger partial charge < -0.3 is 45.1 Å². The number of hydrogen-bond acceptors (Lipinski definition) is 7. The number of aliphatic hydroxyl groups is 1. The monoisotopic (exact) mass is 693 g/mol. The largest absolute Gasteiger partial charge is 0.497 e. The van der Waals surface area contributed by atoms with Gasteiger partial charge in [-0.15, -0.1) is 0 Å². The first kappa shape index (κ1) is 37.9. The molecule has 0 saturated carbocycles. The molecule has 0 bridgehead atoms. The van der Waals surface area contributed by atoms with Crippen LogP contribution in [0.5, 0.6) is 11.5 Å². The molecule has 12 nitrogen and oxygen atoms in total. The van der Waals surface area contributed by atoms with Crippen molar-refractivity contribution in [3.05, 3.63) is 78.1 Å². The van der Waals surface area contributed by atoms with Crippen LogP contribution in [0.25, 0.3) is 0 Å². The number of halogens is 1. The molecule has 0 radical (unpaired) electrons. The number of urea groups is 2. The molecule has 3 aromatic carbocycles. The van der Waals surface area contributed by atoms with Gasteiger partial charge in [0.1, 0.15) is 17.3 Å². The van der Waals surface area contributed by atoms with E-state index in [1.165, 1.54) is 29.2 Å². The number of carbonyl (C=O) groups is 3. The van der Waals surface area contributed by atoms with Crippen molar-refractivity contribution in [2.24, 2.45) is 5.92 Å². The Morgan fingerprint density at radius 3 is 2.32 bits per heavy atom. The highest BCUT2D eigenvalue weighted by Gasteiger charge is 2.31. The van der Waals surface area contributed by atoms with Crippen molar-refractivity contribution in [2.45, 2.75) is 58.3 Å². The Morgan fingerprint density at radius 2 is 1.64 bits per heavy atom. The number of methoxy groups -OCH3 is 1. The molecular formula is C37H48FN5O7. The van der Waals surface area contributed by atoms with Gasteiger partial charge in [0.05, 0.1) is 37.5 Å². The fourth-order valence-electron chi connectivity index (χ4n) is 5.54. The molecule has 1 aliphatic heterocycles. The number of ether oxygens (including phenoxy) is 3. The van der Waals surface area contributed by atoms with Gasteiger partial charge in [0, 0.05) is 49.7 Å². The third-order valence-electron chi connectivity index (χ3n) is 8.55. The van der Waals surface area contributed by atoms with Gasteiger partial charge >= 0.3 is 12.1 Å². The van der Waals surface area contributed by atoms with Crippen LogP contribution in [0.4, 0.5) is 31.0 Å². The summed E-state index contributed by atoms with van der Waals surface area (Å²) in [5.41, 5.74) is 1.62. The van der Waals surface area contributed by atoms with Gasteiger partial charge in [-0.05, 0) is 99.8 Å². The van der Waals surface area contributed by atoms with E-state index in [0.29, 0.717) is 41.6 Å². The Hall–Kier alpha value is -4.88. The minimum absolute atomic E-state index is 0.198. The molecule has 270 valence electrons. The van der Waals surface area contributed by atoms with Gasteiger partial charge in [-0.1, -0.05) is 6.92 Å². The lowest BCUT2D eigenvalue weighted by molar-refractivity contribution is -0.0115. The van der Waals surface area contributed by atoms with E-state index in [-0.39, 0.29) is 43.3 Å². The van der Waals surface area contributed by atoms with Gasteiger partial charge in [0.2, 0.25) is 0 Å². The van der Waals surface area contributed by atoms with Crippen LogP contribution in [-0.2, 0) is 4.74 Å². The van der Waals surface area contributed by atoms with E-state index in [0.717, 1.165) is 12.8 Å². The van der Waals surface area contributed by atoms with Crippen molar-refractivity contribution >= 4 is 35.0 Å². The topological polar surface area (TPSA) is 142 Å². The maximum absolute atomic E-state index is 14.4. The summed E-state index contributed by atoms with van der Waals surface area (Å²) in [7, 11) is 3.21. The van der Waals surface area contributed by atoms with E-state index >= 15 is 0 Å². The number of hydrogen-bond donors (Lipinski definition) is 4. The summed E-state index contributed by atoms with van der Waals surface area (Å²) in [4.78, 5) is 43.4. The molecule has 5 amide bonds. The zero-order chi connectivity index (χ0) is 36.2. The maximum atomic E-state index is 14.4. The van der Waals surface area contributed by atoms with Crippen LogP contribution in [-0.4, -0.2) is 91.6 Å². The van der Waals surface area contributed by atoms with Crippen LogP contribution in [0.3, 0.4) is 0 Å². The van der Waals surface area contributed by atoms with Gasteiger partial charge in [-0.3, -0.25) is 4.79 Å². The first-order valence-corrected chi connectivity index (χ1v) is 16.8. The van der Waals surface area contributed by atoms with Crippen molar-refractivity contribution in [1.29, 1.82) is 0 Å². The Morgan fingerprint density at radius 1 is 1.00 bits per heavy atom. The number of anilines is 3. The van der Waals surface area contributed by atoms with Crippen molar-refractivity contribution < 1.29 is 38.1 Å². The van der Waals surface area contributed by atoms with Crippen LogP contribution < -0.4 is 25.4 Å². The van der Waals surface area contributed by atoms with Crippen LogP contribution in [0.15, 0.2) is 66.7 Å². The van der Waals surface area contributed by atoms with Crippen molar-refractivity contribution in [2.75, 3.05) is 56.4 Å².